The van der Waals surface area contributed by atoms with Crippen LogP contribution in [0.3, 0.4) is 0 Å². The highest BCUT2D eigenvalue weighted by molar-refractivity contribution is 5.82. The number of carbonyl (C=O) groups excluding carboxylic acids is 1. The normalized spacial score (nSPS) is 13.4. The zero-order chi connectivity index (χ0) is 15.4. The third-order valence-electron chi connectivity index (χ3n) is 3.48. The van der Waals surface area contributed by atoms with Gasteiger partial charge in [-0.15, -0.1) is 0 Å². The molecular formula is C14H19FN2O3. The van der Waals surface area contributed by atoms with Crippen LogP contribution in [0.5, 0.6) is 0 Å². The van der Waals surface area contributed by atoms with Crippen LogP contribution in [0.2, 0.25) is 0 Å². The van der Waals surface area contributed by atoms with Crippen LogP contribution in [0.1, 0.15) is 25.5 Å². The molecule has 1 aromatic rings. The fraction of sp³-hybridized carbons (Fsp3) is 0.429. The summed E-state index contributed by atoms with van der Waals surface area (Å²) in [5, 5.41) is 8.91. The largest absolute Gasteiger partial charge is 0.480 e. The summed E-state index contributed by atoms with van der Waals surface area (Å²) >= 11 is 0. The first-order valence-electron chi connectivity index (χ1n) is 6.24. The number of likely N-dealkylation sites (N-methyl/N-ethyl adjacent to an activating group) is 1. The Morgan fingerprint density at radius 2 is 1.70 bits per heavy atom. The van der Waals surface area contributed by atoms with E-state index in [4.69, 9.17) is 5.11 Å². The first-order valence-corrected chi connectivity index (χ1v) is 6.24. The lowest BCUT2D eigenvalue weighted by Crippen LogP contribution is -2.47. The lowest BCUT2D eigenvalue weighted by atomic mass is 10.1. The van der Waals surface area contributed by atoms with Crippen molar-refractivity contribution in [2.45, 2.75) is 25.9 Å². The molecule has 0 aliphatic rings. The van der Waals surface area contributed by atoms with Crippen molar-refractivity contribution in [3.05, 3.63) is 35.6 Å². The number of hydrogen-bond acceptors (Lipinski definition) is 2. The Morgan fingerprint density at radius 3 is 2.20 bits per heavy atom. The highest BCUT2D eigenvalue weighted by atomic mass is 19.1. The second kappa shape index (κ2) is 6.36. The number of urea groups is 1. The molecule has 0 spiro atoms. The van der Waals surface area contributed by atoms with Gasteiger partial charge in [0.2, 0.25) is 0 Å². The third kappa shape index (κ3) is 3.26. The molecule has 0 heterocycles. The van der Waals surface area contributed by atoms with Gasteiger partial charge in [0.15, 0.2) is 0 Å². The monoisotopic (exact) mass is 282 g/mol. The maximum absolute atomic E-state index is 13.7. The Morgan fingerprint density at radius 1 is 1.15 bits per heavy atom. The summed E-state index contributed by atoms with van der Waals surface area (Å²) in [7, 11) is 2.93. The third-order valence-corrected chi connectivity index (χ3v) is 3.48. The van der Waals surface area contributed by atoms with Gasteiger partial charge in [-0.2, -0.15) is 0 Å². The predicted molar refractivity (Wildman–Crippen MR) is 72.8 cm³/mol. The van der Waals surface area contributed by atoms with E-state index >= 15 is 0 Å². The number of halogens is 1. The van der Waals surface area contributed by atoms with Gasteiger partial charge in [0.25, 0.3) is 0 Å². The fourth-order valence-electron chi connectivity index (χ4n) is 1.77. The van der Waals surface area contributed by atoms with Crippen LogP contribution in [0.4, 0.5) is 9.18 Å². The smallest absolute Gasteiger partial charge is 0.326 e. The maximum Gasteiger partial charge on any atom is 0.326 e. The molecule has 1 N–H and O–H groups in total. The molecule has 5 nitrogen and oxygen atoms in total. The Labute approximate surface area is 117 Å². The van der Waals surface area contributed by atoms with Crippen LogP contribution in [0, 0.1) is 5.82 Å². The van der Waals surface area contributed by atoms with E-state index in [0.717, 1.165) is 4.90 Å². The molecular weight excluding hydrogens is 263 g/mol. The standard InChI is InChI=1S/C14H19FN2O3/c1-9(11-7-5-6-8-12(11)15)16(3)14(20)17(4)10(2)13(18)19/h5-10H,1-4H3,(H,18,19). The van der Waals surface area contributed by atoms with Gasteiger partial charge in [0.1, 0.15) is 11.9 Å². The van der Waals surface area contributed by atoms with Crippen LogP contribution < -0.4 is 0 Å². The number of carbonyl (C=O) groups is 2. The molecule has 2 atom stereocenters. The Kier molecular flexibility index (Phi) is 5.07. The number of aliphatic carboxylic acids is 1. The summed E-state index contributed by atoms with van der Waals surface area (Å²) in [6.07, 6.45) is 0. The molecule has 0 radical (unpaired) electrons. The number of carboxylic acids is 1. The summed E-state index contributed by atoms with van der Waals surface area (Å²) < 4.78 is 13.7. The second-order valence-electron chi connectivity index (χ2n) is 4.72. The Hall–Kier alpha value is -2.11. The van der Waals surface area contributed by atoms with Crippen LogP contribution >= 0.6 is 0 Å². The molecule has 6 heteroatoms. The molecule has 0 bridgehead atoms. The second-order valence-corrected chi connectivity index (χ2v) is 4.72. The molecule has 2 amide bonds. The van der Waals surface area contributed by atoms with Crippen molar-refractivity contribution < 1.29 is 19.1 Å². The zero-order valence-corrected chi connectivity index (χ0v) is 12.0. The predicted octanol–water partition coefficient (Wildman–Crippen LogP) is 2.34. The van der Waals surface area contributed by atoms with Crippen molar-refractivity contribution in [2.24, 2.45) is 0 Å². The molecule has 20 heavy (non-hydrogen) atoms. The zero-order valence-electron chi connectivity index (χ0n) is 12.0. The highest BCUT2D eigenvalue weighted by Gasteiger charge is 2.27. The van der Waals surface area contributed by atoms with Gasteiger partial charge in [0, 0.05) is 19.7 Å². The fourth-order valence-corrected chi connectivity index (χ4v) is 1.77. The molecule has 110 valence electrons. The van der Waals surface area contributed by atoms with Crippen LogP contribution in [-0.2, 0) is 4.79 Å². The molecule has 0 aliphatic heterocycles. The number of rotatable bonds is 4. The minimum atomic E-state index is -1.09. The van der Waals surface area contributed by atoms with Gasteiger partial charge >= 0.3 is 12.0 Å². The van der Waals surface area contributed by atoms with Crippen molar-refractivity contribution in [1.82, 2.24) is 9.80 Å². The van der Waals surface area contributed by atoms with Crippen molar-refractivity contribution in [1.29, 1.82) is 0 Å². The van der Waals surface area contributed by atoms with E-state index in [-0.39, 0.29) is 0 Å². The Balaban J connectivity index is 2.89. The average Bonchev–Trinajstić information content (AvgIpc) is 2.43. The number of benzene rings is 1. The number of nitrogens with zero attached hydrogens (tertiary/aromatic N) is 2. The lowest BCUT2D eigenvalue weighted by molar-refractivity contribution is -0.141. The minimum absolute atomic E-state index is 0.389. The molecule has 1 aromatic carbocycles. The van der Waals surface area contributed by atoms with Gasteiger partial charge in [-0.1, -0.05) is 18.2 Å². The molecule has 1 rings (SSSR count). The van der Waals surface area contributed by atoms with Gasteiger partial charge in [-0.3, -0.25) is 0 Å². The summed E-state index contributed by atoms with van der Waals surface area (Å²) in [4.78, 5) is 25.5. The summed E-state index contributed by atoms with van der Waals surface area (Å²) in [5.41, 5.74) is 0.389. The van der Waals surface area contributed by atoms with Crippen molar-refractivity contribution in [3.8, 4) is 0 Å². The molecule has 0 aliphatic carbocycles. The first kappa shape index (κ1) is 15.9. The Bertz CT molecular complexity index is 507. The van der Waals surface area contributed by atoms with Crippen molar-refractivity contribution in [2.75, 3.05) is 14.1 Å². The van der Waals surface area contributed by atoms with Crippen molar-refractivity contribution in [3.63, 3.8) is 0 Å². The summed E-state index contributed by atoms with van der Waals surface area (Å²) in [6, 6.07) is 4.28. The molecule has 0 saturated carbocycles. The minimum Gasteiger partial charge on any atom is -0.480 e. The van der Waals surface area contributed by atoms with Crippen LogP contribution in [-0.4, -0.2) is 47.0 Å². The summed E-state index contributed by atoms with van der Waals surface area (Å²) in [5.74, 6) is -1.48. The molecule has 2 unspecified atom stereocenters. The van der Waals surface area contributed by atoms with Gasteiger partial charge in [-0.25, -0.2) is 14.0 Å². The molecule has 0 fully saturated rings. The molecule has 0 saturated heterocycles. The quantitative estimate of drug-likeness (QED) is 0.922. The van der Waals surface area contributed by atoms with Gasteiger partial charge in [0.05, 0.1) is 6.04 Å². The van der Waals surface area contributed by atoms with Crippen LogP contribution in [0.25, 0.3) is 0 Å². The van der Waals surface area contributed by atoms with E-state index in [9.17, 15) is 14.0 Å². The SMILES string of the molecule is CC(C(=O)O)N(C)C(=O)N(C)C(C)c1ccccc1F. The van der Waals surface area contributed by atoms with Crippen LogP contribution in [0.15, 0.2) is 24.3 Å². The lowest BCUT2D eigenvalue weighted by Gasteiger charge is -2.31. The number of carboxylic acid groups (broad SMARTS) is 1. The topological polar surface area (TPSA) is 60.9 Å². The molecule has 0 aromatic heterocycles. The average molecular weight is 282 g/mol. The number of hydrogen-bond donors (Lipinski definition) is 1. The van der Waals surface area contributed by atoms with E-state index in [2.05, 4.69) is 0 Å². The van der Waals surface area contributed by atoms with E-state index in [0.29, 0.717) is 5.56 Å². The first-order chi connectivity index (χ1) is 9.27. The van der Waals surface area contributed by atoms with E-state index in [1.54, 1.807) is 25.1 Å². The van der Waals surface area contributed by atoms with Gasteiger partial charge < -0.3 is 14.9 Å². The summed E-state index contributed by atoms with van der Waals surface area (Å²) in [6.45, 7) is 3.11. The maximum atomic E-state index is 13.7. The number of amides is 2. The van der Waals surface area contributed by atoms with E-state index in [1.807, 2.05) is 0 Å². The van der Waals surface area contributed by atoms with E-state index in [1.165, 1.54) is 32.0 Å². The van der Waals surface area contributed by atoms with Gasteiger partial charge in [-0.05, 0) is 19.9 Å². The van der Waals surface area contributed by atoms with E-state index < -0.39 is 29.9 Å². The highest BCUT2D eigenvalue weighted by Crippen LogP contribution is 2.22. The van der Waals surface area contributed by atoms with Crippen molar-refractivity contribution >= 4 is 12.0 Å².